The molecule has 0 amide bonds. The van der Waals surface area contributed by atoms with Gasteiger partial charge in [0.15, 0.2) is 5.17 Å². The number of nitrogens with two attached hydrogens (primary N) is 1. The molecule has 3 atom stereocenters. The summed E-state index contributed by atoms with van der Waals surface area (Å²) in [5.41, 5.74) is 4.42. The standard InChI is InChI=1S/C17H19F6N3OS/c18-4-11-2-10-6-28-15(24)26-16(10,8-27-11)12-1-9(13(19)3-14(12)20)5-25-7-17(21,22)23/h1,3,10-11,25H,2,4-8H2,(H2,24,26). The van der Waals surface area contributed by atoms with Gasteiger partial charge in [0.05, 0.1) is 19.3 Å². The van der Waals surface area contributed by atoms with Gasteiger partial charge >= 0.3 is 6.18 Å². The number of benzene rings is 1. The molecule has 0 saturated carbocycles. The molecule has 2 aliphatic heterocycles. The van der Waals surface area contributed by atoms with E-state index in [2.05, 4.69) is 10.3 Å². The molecule has 1 fully saturated rings. The number of fused-ring (bicyclic) bond motifs is 1. The molecular formula is C17H19F6N3OS. The number of thioether (sulfide) groups is 1. The number of rotatable bonds is 5. The molecule has 0 bridgehead atoms. The van der Waals surface area contributed by atoms with Crippen molar-refractivity contribution < 1.29 is 31.1 Å². The number of halogens is 6. The number of nitrogens with zero attached hydrogens (tertiary/aromatic N) is 1. The fraction of sp³-hybridized carbons (Fsp3) is 0.588. The lowest BCUT2D eigenvalue weighted by molar-refractivity contribution is -0.125. The first-order valence-corrected chi connectivity index (χ1v) is 9.54. The summed E-state index contributed by atoms with van der Waals surface area (Å²) in [6, 6.07) is 1.79. The molecule has 1 saturated heterocycles. The largest absolute Gasteiger partial charge is 0.401 e. The summed E-state index contributed by atoms with van der Waals surface area (Å²) in [6.07, 6.45) is -4.83. The van der Waals surface area contributed by atoms with Crippen molar-refractivity contribution in [3.8, 4) is 0 Å². The van der Waals surface area contributed by atoms with Crippen LogP contribution in [0, 0.1) is 17.6 Å². The first-order chi connectivity index (χ1) is 13.1. The molecule has 156 valence electrons. The van der Waals surface area contributed by atoms with E-state index < -0.39 is 49.2 Å². The molecule has 0 spiro atoms. The second-order valence-corrected chi connectivity index (χ2v) is 7.89. The normalized spacial score (nSPS) is 28.0. The van der Waals surface area contributed by atoms with Gasteiger partial charge in [0.1, 0.15) is 23.8 Å². The van der Waals surface area contributed by atoms with E-state index in [0.717, 1.165) is 6.07 Å². The Morgan fingerprint density at radius 1 is 1.29 bits per heavy atom. The molecule has 0 aliphatic carbocycles. The Bertz CT molecular complexity index is 759. The van der Waals surface area contributed by atoms with Crippen LogP contribution >= 0.6 is 11.8 Å². The number of hydrogen-bond donors (Lipinski definition) is 2. The van der Waals surface area contributed by atoms with Crippen LogP contribution in [0.25, 0.3) is 0 Å². The van der Waals surface area contributed by atoms with E-state index in [1.165, 1.54) is 11.8 Å². The zero-order valence-corrected chi connectivity index (χ0v) is 15.5. The number of aliphatic imine (C=N–C) groups is 1. The smallest absolute Gasteiger partial charge is 0.379 e. The van der Waals surface area contributed by atoms with Crippen LogP contribution in [0.3, 0.4) is 0 Å². The number of ether oxygens (including phenoxy) is 1. The zero-order chi connectivity index (χ0) is 20.5. The highest BCUT2D eigenvalue weighted by Crippen LogP contribution is 2.47. The monoisotopic (exact) mass is 427 g/mol. The fourth-order valence-electron chi connectivity index (χ4n) is 3.55. The minimum absolute atomic E-state index is 0.0109. The lowest BCUT2D eigenvalue weighted by atomic mass is 9.74. The van der Waals surface area contributed by atoms with Gasteiger partial charge in [-0.25, -0.2) is 18.2 Å². The van der Waals surface area contributed by atoms with Crippen LogP contribution in [0.4, 0.5) is 26.3 Å². The number of alkyl halides is 4. The quantitative estimate of drug-likeness (QED) is 0.709. The summed E-state index contributed by atoms with van der Waals surface area (Å²) in [5.74, 6) is -1.72. The number of amidine groups is 1. The van der Waals surface area contributed by atoms with Crippen molar-refractivity contribution in [3.05, 3.63) is 34.9 Å². The van der Waals surface area contributed by atoms with Crippen LogP contribution in [-0.4, -0.2) is 43.0 Å². The van der Waals surface area contributed by atoms with Crippen molar-refractivity contribution in [2.45, 2.75) is 30.8 Å². The van der Waals surface area contributed by atoms with Gasteiger partial charge in [0, 0.05) is 35.4 Å². The van der Waals surface area contributed by atoms with Crippen LogP contribution in [0.1, 0.15) is 17.5 Å². The highest BCUT2D eigenvalue weighted by Gasteiger charge is 2.49. The van der Waals surface area contributed by atoms with Crippen molar-refractivity contribution >= 4 is 16.9 Å². The SMILES string of the molecule is NC1=NC2(c3cc(CNCC(F)(F)F)c(F)cc3F)COC(CF)CC2CS1. The molecule has 2 aliphatic rings. The lowest BCUT2D eigenvalue weighted by Gasteiger charge is -2.46. The average molecular weight is 427 g/mol. The number of nitrogens with one attached hydrogen (secondary N) is 1. The van der Waals surface area contributed by atoms with E-state index in [0.29, 0.717) is 11.8 Å². The van der Waals surface area contributed by atoms with Crippen molar-refractivity contribution in [2.75, 3.05) is 25.6 Å². The second-order valence-electron chi connectivity index (χ2n) is 6.85. The maximum atomic E-state index is 14.7. The molecular weight excluding hydrogens is 408 g/mol. The molecule has 11 heteroatoms. The van der Waals surface area contributed by atoms with E-state index in [-0.39, 0.29) is 35.2 Å². The third-order valence-electron chi connectivity index (χ3n) is 4.92. The van der Waals surface area contributed by atoms with E-state index in [1.54, 1.807) is 0 Å². The Labute approximate surface area is 161 Å². The van der Waals surface area contributed by atoms with Gasteiger partial charge in [-0.1, -0.05) is 11.8 Å². The van der Waals surface area contributed by atoms with Crippen LogP contribution < -0.4 is 11.1 Å². The molecule has 0 aromatic heterocycles. The van der Waals surface area contributed by atoms with E-state index >= 15 is 0 Å². The summed E-state index contributed by atoms with van der Waals surface area (Å²) in [7, 11) is 0. The minimum atomic E-state index is -4.46. The predicted molar refractivity (Wildman–Crippen MR) is 93.7 cm³/mol. The average Bonchev–Trinajstić information content (AvgIpc) is 2.61. The van der Waals surface area contributed by atoms with Gasteiger partial charge in [-0.3, -0.25) is 0 Å². The summed E-state index contributed by atoms with van der Waals surface area (Å²) < 4.78 is 84.4. The molecule has 2 heterocycles. The summed E-state index contributed by atoms with van der Waals surface area (Å²) >= 11 is 1.26. The van der Waals surface area contributed by atoms with E-state index in [9.17, 15) is 26.3 Å². The van der Waals surface area contributed by atoms with E-state index in [4.69, 9.17) is 10.5 Å². The van der Waals surface area contributed by atoms with Crippen LogP contribution in [-0.2, 0) is 16.8 Å². The molecule has 0 radical (unpaired) electrons. The van der Waals surface area contributed by atoms with Crippen molar-refractivity contribution in [2.24, 2.45) is 16.6 Å². The molecule has 3 unspecified atom stereocenters. The molecule has 3 rings (SSSR count). The van der Waals surface area contributed by atoms with Gasteiger partial charge in [-0.15, -0.1) is 0 Å². The predicted octanol–water partition coefficient (Wildman–Crippen LogP) is 3.25. The topological polar surface area (TPSA) is 59.6 Å². The molecule has 1 aromatic rings. The van der Waals surface area contributed by atoms with Crippen LogP contribution in [0.15, 0.2) is 17.1 Å². The van der Waals surface area contributed by atoms with Crippen molar-refractivity contribution in [1.29, 1.82) is 0 Å². The maximum absolute atomic E-state index is 14.7. The zero-order valence-electron chi connectivity index (χ0n) is 14.7. The third kappa shape index (κ3) is 4.41. The Morgan fingerprint density at radius 2 is 2.04 bits per heavy atom. The van der Waals surface area contributed by atoms with Crippen molar-refractivity contribution in [3.63, 3.8) is 0 Å². The molecule has 28 heavy (non-hydrogen) atoms. The molecule has 1 aromatic carbocycles. The Kier molecular flexibility index (Phi) is 6.16. The first kappa shape index (κ1) is 21.3. The summed E-state index contributed by atoms with van der Waals surface area (Å²) in [6.45, 7) is -2.60. The van der Waals surface area contributed by atoms with Gasteiger partial charge in [-0.2, -0.15) is 13.2 Å². The van der Waals surface area contributed by atoms with Gasteiger partial charge in [-0.05, 0) is 12.5 Å². The van der Waals surface area contributed by atoms with Crippen LogP contribution in [0.2, 0.25) is 0 Å². The summed E-state index contributed by atoms with van der Waals surface area (Å²) in [5, 5.41) is 2.29. The Balaban J connectivity index is 1.96. The van der Waals surface area contributed by atoms with E-state index in [1.807, 2.05) is 0 Å². The lowest BCUT2D eigenvalue weighted by Crippen LogP contribution is -2.51. The fourth-order valence-corrected chi connectivity index (χ4v) is 4.56. The van der Waals surface area contributed by atoms with Gasteiger partial charge in [0.25, 0.3) is 0 Å². The first-order valence-electron chi connectivity index (χ1n) is 8.56. The van der Waals surface area contributed by atoms with Gasteiger partial charge in [0.2, 0.25) is 0 Å². The minimum Gasteiger partial charge on any atom is -0.379 e. The Morgan fingerprint density at radius 3 is 2.71 bits per heavy atom. The number of hydrogen-bond acceptors (Lipinski definition) is 5. The third-order valence-corrected chi connectivity index (χ3v) is 5.88. The highest BCUT2D eigenvalue weighted by molar-refractivity contribution is 8.13. The van der Waals surface area contributed by atoms with Gasteiger partial charge < -0.3 is 15.8 Å². The van der Waals surface area contributed by atoms with Crippen molar-refractivity contribution in [1.82, 2.24) is 5.32 Å². The highest BCUT2D eigenvalue weighted by atomic mass is 32.2. The van der Waals surface area contributed by atoms with Crippen LogP contribution in [0.5, 0.6) is 0 Å². The summed E-state index contributed by atoms with van der Waals surface area (Å²) in [4.78, 5) is 4.37. The molecule has 3 N–H and O–H groups in total. The second kappa shape index (κ2) is 8.11. The molecule has 4 nitrogen and oxygen atoms in total. The maximum Gasteiger partial charge on any atom is 0.401 e. The Hall–Kier alpha value is -1.46.